The number of fused-ring (bicyclic) bond motifs is 1. The van der Waals surface area contributed by atoms with Gasteiger partial charge < -0.3 is 9.97 Å². The van der Waals surface area contributed by atoms with Crippen LogP contribution in [0.3, 0.4) is 0 Å². The van der Waals surface area contributed by atoms with Crippen molar-refractivity contribution in [2.24, 2.45) is 0 Å². The van der Waals surface area contributed by atoms with E-state index in [1.165, 1.54) is 6.07 Å². The highest BCUT2D eigenvalue weighted by molar-refractivity contribution is 5.74. The molecule has 2 N–H and O–H groups in total. The van der Waals surface area contributed by atoms with Crippen molar-refractivity contribution in [3.63, 3.8) is 0 Å². The van der Waals surface area contributed by atoms with Gasteiger partial charge >= 0.3 is 0 Å². The Morgan fingerprint density at radius 1 is 1.15 bits per heavy atom. The van der Waals surface area contributed by atoms with Gasteiger partial charge in [-0.3, -0.25) is 9.59 Å². The summed E-state index contributed by atoms with van der Waals surface area (Å²) in [4.78, 5) is 27.2. The minimum atomic E-state index is -0.216. The normalized spacial score (nSPS) is 10.5. The van der Waals surface area contributed by atoms with Crippen molar-refractivity contribution < 1.29 is 0 Å². The highest BCUT2D eigenvalue weighted by Gasteiger charge is 1.97. The molecule has 4 heteroatoms. The van der Waals surface area contributed by atoms with Gasteiger partial charge in [-0.1, -0.05) is 0 Å². The lowest BCUT2D eigenvalue weighted by molar-refractivity contribution is 1.17. The van der Waals surface area contributed by atoms with Gasteiger partial charge in [0.15, 0.2) is 0 Å². The Hall–Kier alpha value is -1.84. The van der Waals surface area contributed by atoms with Crippen molar-refractivity contribution in [3.8, 4) is 0 Å². The number of aromatic nitrogens is 2. The highest BCUT2D eigenvalue weighted by atomic mass is 16.1. The van der Waals surface area contributed by atoms with Crippen LogP contribution in [0, 0.1) is 6.92 Å². The largest absolute Gasteiger partial charge is 0.308 e. The molecule has 13 heavy (non-hydrogen) atoms. The van der Waals surface area contributed by atoms with Crippen molar-refractivity contribution in [2.45, 2.75) is 6.92 Å². The lowest BCUT2D eigenvalue weighted by atomic mass is 10.2. The second kappa shape index (κ2) is 2.58. The van der Waals surface area contributed by atoms with E-state index in [-0.39, 0.29) is 11.1 Å². The predicted molar refractivity (Wildman–Crippen MR) is 49.9 cm³/mol. The first-order valence-corrected chi connectivity index (χ1v) is 3.90. The third-order valence-corrected chi connectivity index (χ3v) is 1.92. The topological polar surface area (TPSA) is 65.7 Å². The minimum Gasteiger partial charge on any atom is -0.308 e. The molecule has 0 saturated carbocycles. The SMILES string of the molecule is Cc1cc2ccc(=O)[nH]c2[nH]c1=O. The van der Waals surface area contributed by atoms with Crippen LogP contribution in [0.25, 0.3) is 11.0 Å². The van der Waals surface area contributed by atoms with Gasteiger partial charge in [0.1, 0.15) is 5.65 Å². The van der Waals surface area contributed by atoms with Gasteiger partial charge in [0.2, 0.25) is 5.56 Å². The summed E-state index contributed by atoms with van der Waals surface area (Å²) in [5.74, 6) is 0. The maximum Gasteiger partial charge on any atom is 0.252 e. The molecule has 4 nitrogen and oxygen atoms in total. The minimum absolute atomic E-state index is 0.172. The number of rotatable bonds is 0. The molecular weight excluding hydrogens is 168 g/mol. The molecule has 0 radical (unpaired) electrons. The smallest absolute Gasteiger partial charge is 0.252 e. The Labute approximate surface area is 73.2 Å². The maximum atomic E-state index is 11.2. The zero-order chi connectivity index (χ0) is 9.42. The van der Waals surface area contributed by atoms with Gasteiger partial charge in [0, 0.05) is 17.0 Å². The third kappa shape index (κ3) is 1.26. The van der Waals surface area contributed by atoms with Crippen molar-refractivity contribution in [3.05, 3.63) is 44.5 Å². The Morgan fingerprint density at radius 3 is 2.69 bits per heavy atom. The van der Waals surface area contributed by atoms with Crippen LogP contribution in [0.4, 0.5) is 0 Å². The quantitative estimate of drug-likeness (QED) is 0.614. The zero-order valence-corrected chi connectivity index (χ0v) is 7.05. The van der Waals surface area contributed by atoms with E-state index in [1.54, 1.807) is 19.1 Å². The van der Waals surface area contributed by atoms with Gasteiger partial charge in [0.25, 0.3) is 5.56 Å². The number of nitrogens with one attached hydrogen (secondary N) is 2. The van der Waals surface area contributed by atoms with E-state index in [4.69, 9.17) is 0 Å². The standard InChI is InChI=1S/C9H8N2O2/c1-5-4-6-2-3-7(12)10-8(6)11-9(5)13/h2-4H,1H3,(H2,10,11,12,13). The summed E-state index contributed by atoms with van der Waals surface area (Å²) >= 11 is 0. The van der Waals surface area contributed by atoms with Gasteiger partial charge in [-0.05, 0) is 19.1 Å². The molecule has 0 bridgehead atoms. The van der Waals surface area contributed by atoms with Crippen molar-refractivity contribution >= 4 is 11.0 Å². The first-order valence-electron chi connectivity index (χ1n) is 3.90. The van der Waals surface area contributed by atoms with Crippen LogP contribution >= 0.6 is 0 Å². The third-order valence-electron chi connectivity index (χ3n) is 1.92. The van der Waals surface area contributed by atoms with Crippen molar-refractivity contribution in [1.29, 1.82) is 0 Å². The molecule has 2 aromatic heterocycles. The van der Waals surface area contributed by atoms with Crippen LogP contribution in [-0.4, -0.2) is 9.97 Å². The van der Waals surface area contributed by atoms with Gasteiger partial charge in [-0.25, -0.2) is 0 Å². The average Bonchev–Trinajstić information content (AvgIpc) is 2.08. The Balaban J connectivity index is 2.97. The van der Waals surface area contributed by atoms with E-state index >= 15 is 0 Å². The summed E-state index contributed by atoms with van der Waals surface area (Å²) in [5.41, 5.74) is 0.726. The fourth-order valence-electron chi connectivity index (χ4n) is 1.22. The molecule has 66 valence electrons. The molecule has 0 unspecified atom stereocenters. The van der Waals surface area contributed by atoms with Crippen molar-refractivity contribution in [2.75, 3.05) is 0 Å². The fourth-order valence-corrected chi connectivity index (χ4v) is 1.22. The zero-order valence-electron chi connectivity index (χ0n) is 7.05. The number of pyridine rings is 2. The second-order valence-corrected chi connectivity index (χ2v) is 2.93. The van der Waals surface area contributed by atoms with E-state index in [1.807, 2.05) is 0 Å². The molecule has 0 atom stereocenters. The number of hydrogen-bond donors (Lipinski definition) is 2. The molecule has 0 aliphatic rings. The monoisotopic (exact) mass is 176 g/mol. The van der Waals surface area contributed by atoms with Crippen LogP contribution in [0.5, 0.6) is 0 Å². The first-order chi connectivity index (χ1) is 6.16. The van der Waals surface area contributed by atoms with Gasteiger partial charge in [0.05, 0.1) is 0 Å². The number of H-pyrrole nitrogens is 2. The molecule has 0 aliphatic carbocycles. The second-order valence-electron chi connectivity index (χ2n) is 2.93. The summed E-state index contributed by atoms with van der Waals surface area (Å²) in [7, 11) is 0. The van der Waals surface area contributed by atoms with Crippen LogP contribution < -0.4 is 11.1 Å². The van der Waals surface area contributed by atoms with Crippen LogP contribution in [0.15, 0.2) is 27.8 Å². The maximum absolute atomic E-state index is 11.2. The van der Waals surface area contributed by atoms with E-state index in [9.17, 15) is 9.59 Å². The fraction of sp³-hybridized carbons (Fsp3) is 0.111. The van der Waals surface area contributed by atoms with E-state index in [2.05, 4.69) is 9.97 Å². The molecule has 2 heterocycles. The van der Waals surface area contributed by atoms with Crippen molar-refractivity contribution in [1.82, 2.24) is 9.97 Å². The van der Waals surface area contributed by atoms with Crippen LogP contribution in [0.1, 0.15) is 5.56 Å². The van der Waals surface area contributed by atoms with E-state index in [0.717, 1.165) is 5.39 Å². The predicted octanol–water partition coefficient (Wildman–Crippen LogP) is 0.525. The number of aryl methyl sites for hydroxylation is 1. The molecular formula is C9H8N2O2. The lowest BCUT2D eigenvalue weighted by Crippen LogP contribution is -2.12. The van der Waals surface area contributed by atoms with E-state index in [0.29, 0.717) is 11.2 Å². The Bertz CT molecular complexity index is 566. The number of hydrogen-bond acceptors (Lipinski definition) is 2. The summed E-state index contributed by atoms with van der Waals surface area (Å²) < 4.78 is 0. The Kier molecular flexibility index (Phi) is 1.55. The van der Waals surface area contributed by atoms with Gasteiger partial charge in [-0.15, -0.1) is 0 Å². The summed E-state index contributed by atoms with van der Waals surface area (Å²) in [6.45, 7) is 1.73. The summed E-state index contributed by atoms with van der Waals surface area (Å²) in [6.07, 6.45) is 0. The molecule has 0 saturated heterocycles. The van der Waals surface area contributed by atoms with E-state index < -0.39 is 0 Å². The summed E-state index contributed by atoms with van der Waals surface area (Å²) in [5, 5.41) is 0.830. The lowest BCUT2D eigenvalue weighted by Gasteiger charge is -1.97. The molecule has 0 aromatic carbocycles. The van der Waals surface area contributed by atoms with Crippen LogP contribution in [-0.2, 0) is 0 Å². The van der Waals surface area contributed by atoms with Gasteiger partial charge in [-0.2, -0.15) is 0 Å². The average molecular weight is 176 g/mol. The number of aromatic amines is 2. The molecule has 0 spiro atoms. The molecule has 2 rings (SSSR count). The first kappa shape index (κ1) is 7.79. The molecule has 0 aliphatic heterocycles. The summed E-state index contributed by atoms with van der Waals surface area (Å²) in [6, 6.07) is 4.85. The van der Waals surface area contributed by atoms with Crippen LogP contribution in [0.2, 0.25) is 0 Å². The Morgan fingerprint density at radius 2 is 1.92 bits per heavy atom. The molecule has 0 amide bonds. The molecule has 2 aromatic rings. The highest BCUT2D eigenvalue weighted by Crippen LogP contribution is 2.04. The molecule has 0 fully saturated rings.